The van der Waals surface area contributed by atoms with Gasteiger partial charge in [-0.3, -0.25) is 4.79 Å². The molecule has 0 saturated carbocycles. The number of rotatable bonds is 7. The van der Waals surface area contributed by atoms with E-state index < -0.39 is 0 Å². The average Bonchev–Trinajstić information content (AvgIpc) is 3.32. The van der Waals surface area contributed by atoms with E-state index in [1.54, 1.807) is 23.1 Å². The summed E-state index contributed by atoms with van der Waals surface area (Å²) in [6.45, 7) is 4.25. The standard InChI is InChI=1S/C21H25N5OS2/c1-2-26-18(13-25-12-8-4-7-11-19(25)27)23-24-21(26)29-15-17-14-28-20(22-17)16-9-5-3-6-10-16/h3,5-6,9-10,14H,2,4,7-8,11-13,15H2,1H3. The van der Waals surface area contributed by atoms with Crippen molar-refractivity contribution in [3.05, 3.63) is 47.2 Å². The van der Waals surface area contributed by atoms with E-state index in [0.717, 1.165) is 65.4 Å². The number of amides is 1. The van der Waals surface area contributed by atoms with Crippen molar-refractivity contribution in [3.8, 4) is 10.6 Å². The molecule has 3 aromatic rings. The largest absolute Gasteiger partial charge is 0.335 e. The number of aromatic nitrogens is 4. The molecule has 0 radical (unpaired) electrons. The Morgan fingerprint density at radius 2 is 2.00 bits per heavy atom. The summed E-state index contributed by atoms with van der Waals surface area (Å²) in [5.74, 6) is 1.86. The highest BCUT2D eigenvalue weighted by Gasteiger charge is 2.20. The molecule has 2 aromatic heterocycles. The van der Waals surface area contributed by atoms with E-state index in [1.807, 2.05) is 23.1 Å². The molecule has 0 aliphatic carbocycles. The first-order chi connectivity index (χ1) is 14.2. The summed E-state index contributed by atoms with van der Waals surface area (Å²) < 4.78 is 2.12. The minimum atomic E-state index is 0.235. The lowest BCUT2D eigenvalue weighted by Crippen LogP contribution is -2.31. The van der Waals surface area contributed by atoms with Crippen LogP contribution >= 0.6 is 23.1 Å². The van der Waals surface area contributed by atoms with Gasteiger partial charge in [-0.1, -0.05) is 48.5 Å². The summed E-state index contributed by atoms with van der Waals surface area (Å²) >= 11 is 3.32. The highest BCUT2D eigenvalue weighted by molar-refractivity contribution is 7.98. The van der Waals surface area contributed by atoms with Gasteiger partial charge in [0, 0.05) is 36.2 Å². The zero-order valence-electron chi connectivity index (χ0n) is 16.6. The van der Waals surface area contributed by atoms with E-state index in [2.05, 4.69) is 39.2 Å². The lowest BCUT2D eigenvalue weighted by molar-refractivity contribution is -0.131. The fourth-order valence-corrected chi connectivity index (χ4v) is 5.31. The maximum Gasteiger partial charge on any atom is 0.222 e. The molecule has 4 rings (SSSR count). The van der Waals surface area contributed by atoms with Crippen molar-refractivity contribution in [2.45, 2.75) is 56.6 Å². The number of benzene rings is 1. The van der Waals surface area contributed by atoms with Gasteiger partial charge < -0.3 is 9.47 Å². The maximum absolute atomic E-state index is 12.3. The first-order valence-electron chi connectivity index (χ1n) is 10.1. The minimum Gasteiger partial charge on any atom is -0.335 e. The number of carbonyl (C=O) groups is 1. The second kappa shape index (κ2) is 9.54. The van der Waals surface area contributed by atoms with Crippen molar-refractivity contribution in [1.29, 1.82) is 0 Å². The van der Waals surface area contributed by atoms with Crippen molar-refractivity contribution >= 4 is 29.0 Å². The molecule has 6 nitrogen and oxygen atoms in total. The van der Waals surface area contributed by atoms with Crippen LogP contribution in [0.3, 0.4) is 0 Å². The maximum atomic E-state index is 12.3. The van der Waals surface area contributed by atoms with Crippen molar-refractivity contribution < 1.29 is 4.79 Å². The van der Waals surface area contributed by atoms with Gasteiger partial charge in [0.1, 0.15) is 5.01 Å². The number of nitrogens with zero attached hydrogens (tertiary/aromatic N) is 5. The molecule has 0 unspecified atom stereocenters. The smallest absolute Gasteiger partial charge is 0.222 e. The predicted octanol–water partition coefficient (Wildman–Crippen LogP) is 4.62. The van der Waals surface area contributed by atoms with Crippen LogP contribution in [0.1, 0.15) is 44.1 Å². The topological polar surface area (TPSA) is 63.9 Å². The lowest BCUT2D eigenvalue weighted by Gasteiger charge is -2.20. The van der Waals surface area contributed by atoms with E-state index in [0.29, 0.717) is 13.0 Å². The zero-order chi connectivity index (χ0) is 20.1. The van der Waals surface area contributed by atoms with Gasteiger partial charge in [0.2, 0.25) is 5.91 Å². The van der Waals surface area contributed by atoms with Gasteiger partial charge >= 0.3 is 0 Å². The summed E-state index contributed by atoms with van der Waals surface area (Å²) in [6.07, 6.45) is 3.84. The Hall–Kier alpha value is -2.19. The van der Waals surface area contributed by atoms with E-state index in [9.17, 15) is 4.79 Å². The quantitative estimate of drug-likeness (QED) is 0.515. The molecule has 1 aliphatic rings. The SMILES string of the molecule is CCn1c(CN2CCCCCC2=O)nnc1SCc1csc(-c2ccccc2)n1. The number of likely N-dealkylation sites (tertiary alicyclic amines) is 1. The monoisotopic (exact) mass is 427 g/mol. The molecule has 0 bridgehead atoms. The molecule has 1 fully saturated rings. The third-order valence-corrected chi connectivity index (χ3v) is 6.98. The Morgan fingerprint density at radius 1 is 1.14 bits per heavy atom. The molecule has 29 heavy (non-hydrogen) atoms. The van der Waals surface area contributed by atoms with Crippen LogP contribution in [0, 0.1) is 0 Å². The fourth-order valence-electron chi connectivity index (χ4n) is 3.46. The number of thiazole rings is 1. The van der Waals surface area contributed by atoms with Crippen LogP contribution < -0.4 is 0 Å². The van der Waals surface area contributed by atoms with Crippen LogP contribution in [0.25, 0.3) is 10.6 Å². The molecule has 0 spiro atoms. The van der Waals surface area contributed by atoms with Gasteiger partial charge in [-0.15, -0.1) is 21.5 Å². The third-order valence-electron chi connectivity index (χ3n) is 5.03. The van der Waals surface area contributed by atoms with Crippen molar-refractivity contribution in [1.82, 2.24) is 24.6 Å². The van der Waals surface area contributed by atoms with Crippen LogP contribution in [0.5, 0.6) is 0 Å². The first-order valence-corrected chi connectivity index (χ1v) is 11.9. The van der Waals surface area contributed by atoms with Crippen LogP contribution in [-0.2, 0) is 23.6 Å². The lowest BCUT2D eigenvalue weighted by atomic mass is 10.2. The molecule has 0 N–H and O–H groups in total. The number of hydrogen-bond acceptors (Lipinski definition) is 6. The Labute approximate surface area is 179 Å². The van der Waals surface area contributed by atoms with Crippen molar-refractivity contribution in [2.24, 2.45) is 0 Å². The summed E-state index contributed by atoms with van der Waals surface area (Å²) in [6, 6.07) is 10.2. The fraction of sp³-hybridized carbons (Fsp3) is 0.429. The number of thioether (sulfide) groups is 1. The van der Waals surface area contributed by atoms with Crippen LogP contribution in [0.15, 0.2) is 40.9 Å². The van der Waals surface area contributed by atoms with Gasteiger partial charge in [0.05, 0.1) is 12.2 Å². The molecule has 1 aromatic carbocycles. The first kappa shape index (κ1) is 20.1. The Bertz CT molecular complexity index is 953. The van der Waals surface area contributed by atoms with Crippen LogP contribution in [0.2, 0.25) is 0 Å². The number of carbonyl (C=O) groups excluding carboxylic acids is 1. The molecular weight excluding hydrogens is 402 g/mol. The summed E-state index contributed by atoms with van der Waals surface area (Å²) in [5, 5.41) is 12.8. The Balaban J connectivity index is 1.42. The average molecular weight is 428 g/mol. The van der Waals surface area contributed by atoms with Gasteiger partial charge in [-0.25, -0.2) is 4.98 Å². The number of hydrogen-bond donors (Lipinski definition) is 0. The predicted molar refractivity (Wildman–Crippen MR) is 117 cm³/mol. The highest BCUT2D eigenvalue weighted by atomic mass is 32.2. The molecule has 1 aliphatic heterocycles. The molecule has 152 valence electrons. The molecule has 1 amide bonds. The van der Waals surface area contributed by atoms with Crippen molar-refractivity contribution in [2.75, 3.05) is 6.54 Å². The second-order valence-electron chi connectivity index (χ2n) is 7.07. The van der Waals surface area contributed by atoms with Gasteiger partial charge in [-0.2, -0.15) is 0 Å². The molecule has 8 heteroatoms. The van der Waals surface area contributed by atoms with Crippen LogP contribution in [-0.4, -0.2) is 37.1 Å². The van der Waals surface area contributed by atoms with Gasteiger partial charge in [-0.05, 0) is 19.8 Å². The van der Waals surface area contributed by atoms with Gasteiger partial charge in [0.25, 0.3) is 0 Å². The minimum absolute atomic E-state index is 0.235. The Morgan fingerprint density at radius 3 is 2.83 bits per heavy atom. The summed E-state index contributed by atoms with van der Waals surface area (Å²) in [4.78, 5) is 19.0. The summed E-state index contributed by atoms with van der Waals surface area (Å²) in [7, 11) is 0. The third kappa shape index (κ3) is 4.87. The Kier molecular flexibility index (Phi) is 6.61. The molecular formula is C21H25N5OS2. The second-order valence-corrected chi connectivity index (χ2v) is 8.87. The van der Waals surface area contributed by atoms with E-state index in [-0.39, 0.29) is 5.91 Å². The normalized spacial score (nSPS) is 14.9. The van der Waals surface area contributed by atoms with Crippen LogP contribution in [0.4, 0.5) is 0 Å². The zero-order valence-corrected chi connectivity index (χ0v) is 18.2. The van der Waals surface area contributed by atoms with E-state index in [1.165, 1.54) is 0 Å². The van der Waals surface area contributed by atoms with Crippen molar-refractivity contribution in [3.63, 3.8) is 0 Å². The molecule has 3 heterocycles. The molecule has 1 saturated heterocycles. The highest BCUT2D eigenvalue weighted by Crippen LogP contribution is 2.28. The van der Waals surface area contributed by atoms with E-state index in [4.69, 9.17) is 4.98 Å². The van der Waals surface area contributed by atoms with E-state index >= 15 is 0 Å². The van der Waals surface area contributed by atoms with Gasteiger partial charge in [0.15, 0.2) is 11.0 Å². The summed E-state index contributed by atoms with van der Waals surface area (Å²) in [5.41, 5.74) is 2.20. The molecule has 0 atom stereocenters.